The van der Waals surface area contributed by atoms with Crippen molar-refractivity contribution in [1.29, 1.82) is 0 Å². The van der Waals surface area contributed by atoms with Gasteiger partial charge in [0.2, 0.25) is 0 Å². The molecule has 2 rings (SSSR count). The van der Waals surface area contributed by atoms with Gasteiger partial charge in [-0.1, -0.05) is 0 Å². The lowest BCUT2D eigenvalue weighted by atomic mass is 9.84. The minimum Gasteiger partial charge on any atom is -0.390 e. The molecular weight excluding hydrogens is 242 g/mol. The van der Waals surface area contributed by atoms with Gasteiger partial charge in [-0.25, -0.2) is 0 Å². The average molecular weight is 271 g/mol. The van der Waals surface area contributed by atoms with E-state index < -0.39 is 11.7 Å². The van der Waals surface area contributed by atoms with Crippen molar-refractivity contribution >= 4 is 0 Å². The third-order valence-electron chi connectivity index (χ3n) is 4.46. The van der Waals surface area contributed by atoms with Crippen LogP contribution in [-0.2, 0) is 9.47 Å². The van der Waals surface area contributed by atoms with Crippen LogP contribution < -0.4 is 0 Å². The molecule has 4 heteroatoms. The van der Waals surface area contributed by atoms with Crippen LogP contribution in [0, 0.1) is 5.92 Å². The highest BCUT2D eigenvalue weighted by Gasteiger charge is 2.53. The van der Waals surface area contributed by atoms with E-state index in [0.29, 0.717) is 0 Å². The third-order valence-corrected chi connectivity index (χ3v) is 4.46. The molecule has 0 spiro atoms. The molecule has 2 aliphatic rings. The Hall–Kier alpha value is -0.160. The number of aliphatic hydroxyl groups excluding tert-OH is 1. The van der Waals surface area contributed by atoms with Gasteiger partial charge < -0.3 is 14.6 Å². The largest absolute Gasteiger partial charge is 0.390 e. The minimum absolute atomic E-state index is 0.139. The topological polar surface area (TPSA) is 41.9 Å². The van der Waals surface area contributed by atoms with E-state index >= 15 is 0 Å². The molecule has 2 aliphatic heterocycles. The fraction of sp³-hybridized carbons (Fsp3) is 1.00. The zero-order valence-electron chi connectivity index (χ0n) is 13.1. The quantitative estimate of drug-likeness (QED) is 0.829. The zero-order chi connectivity index (χ0) is 14.4. The molecule has 19 heavy (non-hydrogen) atoms. The monoisotopic (exact) mass is 271 g/mol. The molecule has 4 atom stereocenters. The van der Waals surface area contributed by atoms with Crippen molar-refractivity contribution in [1.82, 2.24) is 4.90 Å². The van der Waals surface area contributed by atoms with Crippen molar-refractivity contribution in [2.24, 2.45) is 5.92 Å². The second kappa shape index (κ2) is 4.99. The number of aliphatic hydroxyl groups is 1. The van der Waals surface area contributed by atoms with Gasteiger partial charge >= 0.3 is 0 Å². The normalized spacial score (nSPS) is 42.5. The van der Waals surface area contributed by atoms with E-state index in [1.54, 1.807) is 0 Å². The Morgan fingerprint density at radius 2 is 1.58 bits per heavy atom. The molecular formula is C15H29NO3. The summed E-state index contributed by atoms with van der Waals surface area (Å²) in [5.74, 6) is 0.139. The van der Waals surface area contributed by atoms with Gasteiger partial charge in [0, 0.05) is 25.6 Å². The number of hydrogen-bond donors (Lipinski definition) is 1. The first-order chi connectivity index (χ1) is 8.62. The van der Waals surface area contributed by atoms with Gasteiger partial charge in [-0.05, 0) is 41.5 Å². The van der Waals surface area contributed by atoms with Gasteiger partial charge in [-0.2, -0.15) is 0 Å². The molecule has 4 nitrogen and oxygen atoms in total. The second-order valence-electron chi connectivity index (χ2n) is 7.34. The summed E-state index contributed by atoms with van der Waals surface area (Å²) in [5.41, 5.74) is -0.745. The molecule has 0 aromatic carbocycles. The smallest absolute Gasteiger partial charge is 0.0896 e. The van der Waals surface area contributed by atoms with Gasteiger partial charge in [0.1, 0.15) is 0 Å². The Balaban J connectivity index is 2.05. The van der Waals surface area contributed by atoms with Crippen molar-refractivity contribution in [2.75, 3.05) is 19.6 Å². The lowest BCUT2D eigenvalue weighted by Crippen LogP contribution is -2.51. The number of hydrogen-bond acceptors (Lipinski definition) is 4. The highest BCUT2D eigenvalue weighted by molar-refractivity contribution is 5.02. The number of morpholine rings is 1. The standard InChI is InChI=1S/C15H29NO3/c1-10-7-16(8-11(2)18-10)9-12-13(17)15(5,6)19-14(12,3)4/h10-13,17H,7-9H2,1-6H3. The van der Waals surface area contributed by atoms with Crippen LogP contribution in [0.25, 0.3) is 0 Å². The summed E-state index contributed by atoms with van der Waals surface area (Å²) < 4.78 is 11.8. The molecule has 4 unspecified atom stereocenters. The van der Waals surface area contributed by atoms with E-state index in [2.05, 4.69) is 32.6 Å². The van der Waals surface area contributed by atoms with Crippen LogP contribution in [0.15, 0.2) is 0 Å². The maximum atomic E-state index is 10.5. The molecule has 0 aromatic heterocycles. The van der Waals surface area contributed by atoms with E-state index in [1.807, 2.05) is 13.8 Å². The maximum absolute atomic E-state index is 10.5. The van der Waals surface area contributed by atoms with Crippen LogP contribution in [0.5, 0.6) is 0 Å². The van der Waals surface area contributed by atoms with Crippen LogP contribution in [0.4, 0.5) is 0 Å². The SMILES string of the molecule is CC1CN(CC2C(O)C(C)(C)OC2(C)C)CC(C)O1. The lowest BCUT2D eigenvalue weighted by molar-refractivity contribution is -0.0958. The molecule has 0 aromatic rings. The summed E-state index contributed by atoms with van der Waals surface area (Å²) in [5, 5.41) is 10.5. The zero-order valence-corrected chi connectivity index (χ0v) is 13.1. The van der Waals surface area contributed by atoms with Gasteiger partial charge in [0.15, 0.2) is 0 Å². The fourth-order valence-electron chi connectivity index (χ4n) is 3.71. The van der Waals surface area contributed by atoms with E-state index in [-0.39, 0.29) is 23.7 Å². The van der Waals surface area contributed by atoms with Gasteiger partial charge in [0.05, 0.1) is 29.5 Å². The van der Waals surface area contributed by atoms with E-state index in [0.717, 1.165) is 19.6 Å². The van der Waals surface area contributed by atoms with Crippen molar-refractivity contribution < 1.29 is 14.6 Å². The van der Waals surface area contributed by atoms with E-state index in [9.17, 15) is 5.11 Å². The average Bonchev–Trinajstić information content (AvgIpc) is 2.35. The first-order valence-electron chi connectivity index (χ1n) is 7.38. The molecule has 0 aliphatic carbocycles. The summed E-state index contributed by atoms with van der Waals surface area (Å²) in [6.45, 7) is 15.1. The molecule has 1 N–H and O–H groups in total. The van der Waals surface area contributed by atoms with Crippen molar-refractivity contribution in [3.8, 4) is 0 Å². The Kier molecular flexibility index (Phi) is 4.00. The number of nitrogens with zero attached hydrogens (tertiary/aromatic N) is 1. The molecule has 0 amide bonds. The first-order valence-corrected chi connectivity index (χ1v) is 7.38. The second-order valence-corrected chi connectivity index (χ2v) is 7.34. The highest BCUT2D eigenvalue weighted by atomic mass is 16.5. The maximum Gasteiger partial charge on any atom is 0.0896 e. The van der Waals surface area contributed by atoms with Crippen molar-refractivity contribution in [2.45, 2.75) is 71.1 Å². The first kappa shape index (κ1) is 15.2. The van der Waals surface area contributed by atoms with Crippen molar-refractivity contribution in [3.63, 3.8) is 0 Å². The van der Waals surface area contributed by atoms with Crippen LogP contribution in [0.1, 0.15) is 41.5 Å². The number of rotatable bonds is 2. The predicted octanol–water partition coefficient (Wildman–Crippen LogP) is 1.66. The Morgan fingerprint density at radius 1 is 1.05 bits per heavy atom. The van der Waals surface area contributed by atoms with Gasteiger partial charge in [-0.15, -0.1) is 0 Å². The van der Waals surface area contributed by atoms with Crippen molar-refractivity contribution in [3.05, 3.63) is 0 Å². The highest BCUT2D eigenvalue weighted by Crippen LogP contribution is 2.42. The summed E-state index contributed by atoms with van der Waals surface area (Å²) in [4.78, 5) is 2.40. The third kappa shape index (κ3) is 3.13. The van der Waals surface area contributed by atoms with E-state index in [1.165, 1.54) is 0 Å². The molecule has 2 fully saturated rings. The predicted molar refractivity (Wildman–Crippen MR) is 75.2 cm³/mol. The van der Waals surface area contributed by atoms with Gasteiger partial charge in [-0.3, -0.25) is 4.90 Å². The van der Waals surface area contributed by atoms with Gasteiger partial charge in [0.25, 0.3) is 0 Å². The fourth-order valence-corrected chi connectivity index (χ4v) is 3.71. The Bertz CT molecular complexity index is 319. The van der Waals surface area contributed by atoms with Crippen LogP contribution in [0.2, 0.25) is 0 Å². The minimum atomic E-state index is -0.461. The lowest BCUT2D eigenvalue weighted by Gasteiger charge is -2.39. The summed E-state index contributed by atoms with van der Waals surface area (Å²) in [6, 6.07) is 0. The molecule has 2 heterocycles. The number of ether oxygens (including phenoxy) is 2. The summed E-state index contributed by atoms with van der Waals surface area (Å²) in [7, 11) is 0. The molecule has 0 saturated carbocycles. The molecule has 0 bridgehead atoms. The van der Waals surface area contributed by atoms with Crippen LogP contribution in [-0.4, -0.2) is 59.2 Å². The summed E-state index contributed by atoms with van der Waals surface area (Å²) >= 11 is 0. The summed E-state index contributed by atoms with van der Waals surface area (Å²) in [6.07, 6.45) is 0.106. The van der Waals surface area contributed by atoms with E-state index in [4.69, 9.17) is 9.47 Å². The molecule has 112 valence electrons. The van der Waals surface area contributed by atoms with Crippen LogP contribution >= 0.6 is 0 Å². The Morgan fingerprint density at radius 3 is 2.00 bits per heavy atom. The van der Waals surface area contributed by atoms with Crippen LogP contribution in [0.3, 0.4) is 0 Å². The molecule has 0 radical (unpaired) electrons. The Labute approximate surface area is 117 Å². The molecule has 2 saturated heterocycles.